The molecule has 0 saturated carbocycles. The van der Waals surface area contributed by atoms with E-state index in [9.17, 15) is 0 Å². The zero-order valence-electron chi connectivity index (χ0n) is 14.3. The summed E-state index contributed by atoms with van der Waals surface area (Å²) in [6.45, 7) is 7.28. The van der Waals surface area contributed by atoms with E-state index in [1.54, 1.807) is 0 Å². The minimum Gasteiger partial charge on any atom is -0.358 e. The third-order valence-corrected chi connectivity index (χ3v) is 4.84. The van der Waals surface area contributed by atoms with Crippen molar-refractivity contribution in [3.63, 3.8) is 0 Å². The lowest BCUT2D eigenvalue weighted by atomic mass is 9.89. The van der Waals surface area contributed by atoms with Crippen LogP contribution in [0, 0.1) is 6.92 Å². The molecule has 0 spiro atoms. The first-order valence-corrected chi connectivity index (χ1v) is 8.46. The van der Waals surface area contributed by atoms with Crippen LogP contribution in [0.3, 0.4) is 0 Å². The van der Waals surface area contributed by atoms with Crippen molar-refractivity contribution in [2.45, 2.75) is 39.0 Å². The summed E-state index contributed by atoms with van der Waals surface area (Å²) in [5.74, 6) is 0.922. The van der Waals surface area contributed by atoms with Gasteiger partial charge in [-0.15, -0.1) is 0 Å². The van der Waals surface area contributed by atoms with Gasteiger partial charge in [0.2, 0.25) is 0 Å². The van der Waals surface area contributed by atoms with Crippen LogP contribution in [0.5, 0.6) is 0 Å². The van der Waals surface area contributed by atoms with E-state index in [-0.39, 0.29) is 0 Å². The fourth-order valence-electron chi connectivity index (χ4n) is 3.33. The molecule has 23 heavy (non-hydrogen) atoms. The summed E-state index contributed by atoms with van der Waals surface area (Å²) in [5, 5.41) is 1.32. The number of hydrogen-bond acceptors (Lipinski definition) is 1. The third-order valence-electron chi connectivity index (χ3n) is 4.84. The van der Waals surface area contributed by atoms with Crippen molar-refractivity contribution in [2.24, 2.45) is 5.73 Å². The number of fused-ring (bicyclic) bond motifs is 1. The highest BCUT2D eigenvalue weighted by Crippen LogP contribution is 2.28. The molecule has 0 saturated heterocycles. The van der Waals surface area contributed by atoms with Crippen molar-refractivity contribution in [2.75, 3.05) is 6.54 Å². The van der Waals surface area contributed by atoms with E-state index in [0.717, 1.165) is 6.42 Å². The molecule has 2 heteroatoms. The number of benzene rings is 2. The van der Waals surface area contributed by atoms with Gasteiger partial charge in [0, 0.05) is 22.5 Å². The number of hydrogen-bond donors (Lipinski definition) is 2. The van der Waals surface area contributed by atoms with Gasteiger partial charge in [-0.3, -0.25) is 0 Å². The highest BCUT2D eigenvalue weighted by Gasteiger charge is 2.16. The molecule has 0 radical (unpaired) electrons. The highest BCUT2D eigenvalue weighted by atomic mass is 14.7. The van der Waals surface area contributed by atoms with Crippen LogP contribution in [0.2, 0.25) is 0 Å². The van der Waals surface area contributed by atoms with Crippen molar-refractivity contribution in [3.8, 4) is 0 Å². The van der Waals surface area contributed by atoms with Gasteiger partial charge < -0.3 is 10.7 Å². The Morgan fingerprint density at radius 2 is 1.61 bits per heavy atom. The van der Waals surface area contributed by atoms with E-state index in [1.165, 1.54) is 33.3 Å². The Bertz CT molecular complexity index is 781. The summed E-state index contributed by atoms with van der Waals surface area (Å²) < 4.78 is 0. The van der Waals surface area contributed by atoms with E-state index < -0.39 is 0 Å². The molecule has 3 rings (SSSR count). The fourth-order valence-corrected chi connectivity index (χ4v) is 3.33. The molecule has 1 unspecified atom stereocenters. The van der Waals surface area contributed by atoms with Gasteiger partial charge in [-0.25, -0.2) is 0 Å². The predicted molar refractivity (Wildman–Crippen MR) is 99.1 cm³/mol. The van der Waals surface area contributed by atoms with Crippen LogP contribution >= 0.6 is 0 Å². The molecule has 1 atom stereocenters. The van der Waals surface area contributed by atoms with Crippen LogP contribution in [0.15, 0.2) is 48.5 Å². The molecule has 1 aromatic heterocycles. The molecule has 2 aromatic carbocycles. The van der Waals surface area contributed by atoms with Gasteiger partial charge in [0.05, 0.1) is 0 Å². The first-order chi connectivity index (χ1) is 11.1. The second kappa shape index (κ2) is 6.59. The Kier molecular flexibility index (Phi) is 4.53. The van der Waals surface area contributed by atoms with Crippen LogP contribution in [0.4, 0.5) is 0 Å². The average Bonchev–Trinajstić information content (AvgIpc) is 2.88. The first kappa shape index (κ1) is 15.8. The largest absolute Gasteiger partial charge is 0.358 e. The predicted octanol–water partition coefficient (Wildman–Crippen LogP) is 4.88. The quantitative estimate of drug-likeness (QED) is 0.692. The van der Waals surface area contributed by atoms with Gasteiger partial charge in [0.25, 0.3) is 0 Å². The maximum Gasteiger partial charge on any atom is 0.0458 e. The van der Waals surface area contributed by atoms with E-state index in [0.29, 0.717) is 18.4 Å². The Balaban J connectivity index is 1.90. The van der Waals surface area contributed by atoms with Crippen LogP contribution in [-0.2, 0) is 6.42 Å². The topological polar surface area (TPSA) is 41.8 Å². The van der Waals surface area contributed by atoms with Crippen molar-refractivity contribution in [3.05, 3.63) is 70.9 Å². The molecular formula is C21H26N2. The molecular weight excluding hydrogens is 280 g/mol. The Hall–Kier alpha value is -2.06. The fraction of sp³-hybridized carbons (Fsp3) is 0.333. The number of aromatic nitrogens is 1. The highest BCUT2D eigenvalue weighted by molar-refractivity contribution is 5.84. The molecule has 120 valence electrons. The van der Waals surface area contributed by atoms with Gasteiger partial charge in [-0.1, -0.05) is 56.3 Å². The summed E-state index contributed by atoms with van der Waals surface area (Å²) in [6.07, 6.45) is 0.980. The minimum absolute atomic E-state index is 0.356. The van der Waals surface area contributed by atoms with Gasteiger partial charge in [0.1, 0.15) is 0 Å². The number of nitrogens with one attached hydrogen (secondary N) is 1. The van der Waals surface area contributed by atoms with Crippen LogP contribution in [0.1, 0.15) is 48.1 Å². The second-order valence-electron chi connectivity index (χ2n) is 6.73. The van der Waals surface area contributed by atoms with Crippen LogP contribution < -0.4 is 5.73 Å². The number of aromatic amines is 1. The summed E-state index contributed by atoms with van der Waals surface area (Å²) in [7, 11) is 0. The Labute approximate surface area is 138 Å². The molecule has 1 heterocycles. The first-order valence-electron chi connectivity index (χ1n) is 8.46. The van der Waals surface area contributed by atoms with Gasteiger partial charge in [-0.05, 0) is 48.6 Å². The number of para-hydroxylation sites is 1. The zero-order chi connectivity index (χ0) is 16.4. The molecule has 0 aliphatic carbocycles. The molecule has 0 bridgehead atoms. The van der Waals surface area contributed by atoms with Crippen molar-refractivity contribution < 1.29 is 0 Å². The van der Waals surface area contributed by atoms with Crippen LogP contribution in [0.25, 0.3) is 10.9 Å². The average molecular weight is 306 g/mol. The maximum atomic E-state index is 6.10. The van der Waals surface area contributed by atoms with Gasteiger partial charge in [0.15, 0.2) is 0 Å². The Morgan fingerprint density at radius 1 is 0.957 bits per heavy atom. The van der Waals surface area contributed by atoms with E-state index >= 15 is 0 Å². The lowest BCUT2D eigenvalue weighted by molar-refractivity contribution is 0.693. The third kappa shape index (κ3) is 3.18. The van der Waals surface area contributed by atoms with Crippen molar-refractivity contribution in [1.29, 1.82) is 0 Å². The number of H-pyrrole nitrogens is 1. The molecule has 0 aliphatic heterocycles. The summed E-state index contributed by atoms with van der Waals surface area (Å²) in [4.78, 5) is 3.49. The molecule has 0 aliphatic rings. The lowest BCUT2D eigenvalue weighted by Gasteiger charge is -2.17. The molecule has 3 N–H and O–H groups in total. The van der Waals surface area contributed by atoms with Crippen molar-refractivity contribution in [1.82, 2.24) is 4.98 Å². The smallest absolute Gasteiger partial charge is 0.0458 e. The molecule has 3 aromatic rings. The SMILES string of the molecule is Cc1[nH]c2ccccc2c1CC(CN)c1ccc(C(C)C)cc1. The monoisotopic (exact) mass is 306 g/mol. The molecule has 0 amide bonds. The summed E-state index contributed by atoms with van der Waals surface area (Å²) in [5.41, 5.74) is 12.7. The standard InChI is InChI=1S/C21H26N2/c1-14(2)16-8-10-17(11-9-16)18(13-22)12-20-15(3)23-21-7-5-4-6-19(20)21/h4-11,14,18,23H,12-13,22H2,1-3H3. The maximum absolute atomic E-state index is 6.10. The second-order valence-corrected chi connectivity index (χ2v) is 6.73. The van der Waals surface area contributed by atoms with E-state index in [4.69, 9.17) is 5.73 Å². The number of nitrogens with two attached hydrogens (primary N) is 1. The lowest BCUT2D eigenvalue weighted by Crippen LogP contribution is -2.15. The molecule has 0 fully saturated rings. The molecule has 2 nitrogen and oxygen atoms in total. The Morgan fingerprint density at radius 3 is 2.26 bits per heavy atom. The van der Waals surface area contributed by atoms with E-state index in [2.05, 4.69) is 74.3 Å². The van der Waals surface area contributed by atoms with Gasteiger partial charge >= 0.3 is 0 Å². The number of aryl methyl sites for hydroxylation is 1. The summed E-state index contributed by atoms with van der Waals surface area (Å²) >= 11 is 0. The van der Waals surface area contributed by atoms with Crippen LogP contribution in [-0.4, -0.2) is 11.5 Å². The van der Waals surface area contributed by atoms with Gasteiger partial charge in [-0.2, -0.15) is 0 Å². The van der Waals surface area contributed by atoms with Crippen molar-refractivity contribution >= 4 is 10.9 Å². The number of rotatable bonds is 5. The zero-order valence-corrected chi connectivity index (χ0v) is 14.3. The summed E-state index contributed by atoms with van der Waals surface area (Å²) in [6, 6.07) is 17.5. The normalized spacial score (nSPS) is 12.9. The minimum atomic E-state index is 0.356. The van der Waals surface area contributed by atoms with E-state index in [1.807, 2.05) is 0 Å².